The number of fused-ring (bicyclic) bond motifs is 3. The van der Waals surface area contributed by atoms with Crippen LogP contribution in [0, 0.1) is 16.7 Å². The number of hydrogen-bond acceptors (Lipinski definition) is 1. The average Bonchev–Trinajstić information content (AvgIpc) is 2.29. The van der Waals surface area contributed by atoms with Crippen LogP contribution in [0.15, 0.2) is 0 Å². The average molecular weight is 222 g/mol. The molecule has 0 saturated heterocycles. The lowest BCUT2D eigenvalue weighted by Gasteiger charge is -2.53. The SMILES string of the molecule is CCC(=O)C12CCC(CC(C)C)(CC1)CC2. The second kappa shape index (κ2) is 4.16. The Hall–Kier alpha value is -0.330. The monoisotopic (exact) mass is 222 g/mol. The number of Topliss-reactive ketones (excluding diaryl/α,β-unsaturated/α-hetero) is 1. The number of rotatable bonds is 4. The summed E-state index contributed by atoms with van der Waals surface area (Å²) in [5.41, 5.74) is 0.734. The molecule has 0 aliphatic heterocycles. The lowest BCUT2D eigenvalue weighted by molar-refractivity contribution is -0.138. The molecule has 0 aromatic carbocycles. The Morgan fingerprint density at radius 3 is 1.94 bits per heavy atom. The fourth-order valence-electron chi connectivity index (χ4n) is 4.23. The summed E-state index contributed by atoms with van der Waals surface area (Å²) in [5.74, 6) is 1.36. The van der Waals surface area contributed by atoms with Crippen LogP contribution in [0.25, 0.3) is 0 Å². The first-order valence-electron chi connectivity index (χ1n) is 7.05. The van der Waals surface area contributed by atoms with Gasteiger partial charge in [0.05, 0.1) is 0 Å². The molecule has 16 heavy (non-hydrogen) atoms. The fourth-order valence-corrected chi connectivity index (χ4v) is 4.23. The third-order valence-corrected chi connectivity index (χ3v) is 5.16. The van der Waals surface area contributed by atoms with Crippen molar-refractivity contribution in [1.29, 1.82) is 0 Å². The van der Waals surface area contributed by atoms with Gasteiger partial charge in [0.2, 0.25) is 0 Å². The van der Waals surface area contributed by atoms with Gasteiger partial charge in [-0.15, -0.1) is 0 Å². The summed E-state index contributed by atoms with van der Waals surface area (Å²) in [5, 5.41) is 0. The van der Waals surface area contributed by atoms with Gasteiger partial charge in [-0.2, -0.15) is 0 Å². The zero-order valence-corrected chi connectivity index (χ0v) is 11.1. The number of hydrogen-bond donors (Lipinski definition) is 0. The van der Waals surface area contributed by atoms with Crippen molar-refractivity contribution in [1.82, 2.24) is 0 Å². The van der Waals surface area contributed by atoms with E-state index < -0.39 is 0 Å². The molecule has 0 spiro atoms. The predicted molar refractivity (Wildman–Crippen MR) is 67.3 cm³/mol. The van der Waals surface area contributed by atoms with Gasteiger partial charge in [-0.1, -0.05) is 20.8 Å². The van der Waals surface area contributed by atoms with E-state index in [0.29, 0.717) is 11.2 Å². The third-order valence-electron chi connectivity index (χ3n) is 5.16. The molecule has 0 aromatic heterocycles. The van der Waals surface area contributed by atoms with Gasteiger partial charge < -0.3 is 0 Å². The van der Waals surface area contributed by atoms with Gasteiger partial charge in [0.15, 0.2) is 0 Å². The number of ketones is 1. The van der Waals surface area contributed by atoms with E-state index in [1.165, 1.54) is 44.9 Å². The second-order valence-electron chi connectivity index (χ2n) is 6.66. The summed E-state index contributed by atoms with van der Waals surface area (Å²) < 4.78 is 0. The van der Waals surface area contributed by atoms with Gasteiger partial charge in [-0.05, 0) is 56.3 Å². The molecule has 0 N–H and O–H groups in total. The third kappa shape index (κ3) is 1.94. The Bertz CT molecular complexity index is 253. The Balaban J connectivity index is 2.05. The van der Waals surface area contributed by atoms with Crippen molar-refractivity contribution in [2.24, 2.45) is 16.7 Å². The van der Waals surface area contributed by atoms with Crippen molar-refractivity contribution in [2.75, 3.05) is 0 Å². The van der Waals surface area contributed by atoms with Crippen LogP contribution in [-0.4, -0.2) is 5.78 Å². The highest BCUT2D eigenvalue weighted by Crippen LogP contribution is 2.59. The van der Waals surface area contributed by atoms with Crippen LogP contribution in [0.5, 0.6) is 0 Å². The summed E-state index contributed by atoms with van der Waals surface area (Å²) >= 11 is 0. The van der Waals surface area contributed by atoms with Crippen LogP contribution >= 0.6 is 0 Å². The molecule has 0 heterocycles. The molecule has 0 aromatic rings. The fraction of sp³-hybridized carbons (Fsp3) is 0.933. The maximum absolute atomic E-state index is 12.1. The molecule has 3 aliphatic carbocycles. The minimum atomic E-state index is 0.119. The van der Waals surface area contributed by atoms with Crippen LogP contribution in [0.4, 0.5) is 0 Å². The van der Waals surface area contributed by atoms with Gasteiger partial charge >= 0.3 is 0 Å². The predicted octanol–water partition coefficient (Wildman–Crippen LogP) is 4.35. The van der Waals surface area contributed by atoms with Crippen LogP contribution in [-0.2, 0) is 4.79 Å². The molecule has 1 heteroatoms. The molecule has 1 nitrogen and oxygen atoms in total. The summed E-state index contributed by atoms with van der Waals surface area (Å²) in [6.45, 7) is 6.70. The molecule has 3 fully saturated rings. The summed E-state index contributed by atoms with van der Waals surface area (Å²) in [7, 11) is 0. The summed E-state index contributed by atoms with van der Waals surface area (Å²) in [4.78, 5) is 12.1. The summed E-state index contributed by atoms with van der Waals surface area (Å²) in [6.07, 6.45) is 9.64. The smallest absolute Gasteiger partial charge is 0.138 e. The minimum Gasteiger partial charge on any atom is -0.299 e. The Morgan fingerprint density at radius 2 is 1.56 bits per heavy atom. The Labute approximate surface area is 100.0 Å². The van der Waals surface area contributed by atoms with E-state index in [-0.39, 0.29) is 5.41 Å². The van der Waals surface area contributed by atoms with E-state index in [4.69, 9.17) is 0 Å². The molecule has 3 aliphatic rings. The standard InChI is InChI=1S/C15H26O/c1-4-13(16)15-8-5-14(6-9-15,7-10-15)11-12(2)3/h12H,4-11H2,1-3H3. The highest BCUT2D eigenvalue weighted by molar-refractivity contribution is 5.84. The molecule has 2 bridgehead atoms. The van der Waals surface area contributed by atoms with Gasteiger partial charge in [0.1, 0.15) is 5.78 Å². The van der Waals surface area contributed by atoms with E-state index in [0.717, 1.165) is 12.3 Å². The van der Waals surface area contributed by atoms with Crippen molar-refractivity contribution in [3.05, 3.63) is 0 Å². The molecule has 0 amide bonds. The normalized spacial score (nSPS) is 38.0. The van der Waals surface area contributed by atoms with Crippen molar-refractivity contribution in [2.45, 2.75) is 72.1 Å². The molecular formula is C15H26O. The summed E-state index contributed by atoms with van der Waals surface area (Å²) in [6, 6.07) is 0. The van der Waals surface area contributed by atoms with E-state index in [9.17, 15) is 4.79 Å². The molecule has 0 unspecified atom stereocenters. The van der Waals surface area contributed by atoms with Crippen LogP contribution in [0.1, 0.15) is 72.1 Å². The van der Waals surface area contributed by atoms with Crippen molar-refractivity contribution >= 4 is 5.78 Å². The Morgan fingerprint density at radius 1 is 1.06 bits per heavy atom. The molecule has 92 valence electrons. The maximum atomic E-state index is 12.1. The van der Waals surface area contributed by atoms with E-state index in [1.54, 1.807) is 0 Å². The van der Waals surface area contributed by atoms with Crippen LogP contribution in [0.3, 0.4) is 0 Å². The molecule has 0 radical (unpaired) electrons. The van der Waals surface area contributed by atoms with E-state index in [2.05, 4.69) is 13.8 Å². The maximum Gasteiger partial charge on any atom is 0.138 e. The molecule has 3 saturated carbocycles. The quantitative estimate of drug-likeness (QED) is 0.691. The Kier molecular flexibility index (Phi) is 3.16. The van der Waals surface area contributed by atoms with Crippen molar-refractivity contribution < 1.29 is 4.79 Å². The first-order valence-corrected chi connectivity index (χ1v) is 7.05. The lowest BCUT2D eigenvalue weighted by atomic mass is 9.51. The van der Waals surface area contributed by atoms with Gasteiger partial charge in [-0.3, -0.25) is 4.79 Å². The van der Waals surface area contributed by atoms with Crippen LogP contribution in [0.2, 0.25) is 0 Å². The number of carbonyl (C=O) groups is 1. The topological polar surface area (TPSA) is 17.1 Å². The highest BCUT2D eigenvalue weighted by Gasteiger charge is 2.51. The zero-order valence-electron chi connectivity index (χ0n) is 11.1. The van der Waals surface area contributed by atoms with Gasteiger partial charge in [0, 0.05) is 11.8 Å². The van der Waals surface area contributed by atoms with Crippen molar-refractivity contribution in [3.8, 4) is 0 Å². The van der Waals surface area contributed by atoms with Gasteiger partial charge in [0.25, 0.3) is 0 Å². The first kappa shape index (κ1) is 12.1. The molecule has 3 rings (SSSR count). The largest absolute Gasteiger partial charge is 0.299 e. The second-order valence-corrected chi connectivity index (χ2v) is 6.66. The molecule has 0 atom stereocenters. The number of carbonyl (C=O) groups excluding carboxylic acids is 1. The van der Waals surface area contributed by atoms with E-state index in [1.807, 2.05) is 6.92 Å². The van der Waals surface area contributed by atoms with Gasteiger partial charge in [-0.25, -0.2) is 0 Å². The van der Waals surface area contributed by atoms with Crippen LogP contribution < -0.4 is 0 Å². The molecular weight excluding hydrogens is 196 g/mol. The highest BCUT2D eigenvalue weighted by atomic mass is 16.1. The zero-order chi connectivity index (χ0) is 11.8. The lowest BCUT2D eigenvalue weighted by Crippen LogP contribution is -2.46. The van der Waals surface area contributed by atoms with E-state index >= 15 is 0 Å². The van der Waals surface area contributed by atoms with Crippen molar-refractivity contribution in [3.63, 3.8) is 0 Å². The first-order chi connectivity index (χ1) is 7.52. The minimum absolute atomic E-state index is 0.119.